The first-order valence-electron chi connectivity index (χ1n) is 4.00. The lowest BCUT2D eigenvalue weighted by atomic mass is 9.83. The third kappa shape index (κ3) is 1.47. The van der Waals surface area contributed by atoms with Gasteiger partial charge in [-0.05, 0) is 25.2 Å². The minimum Gasteiger partial charge on any atom is -0.303 e. The molecule has 0 N–H and O–H groups in total. The molecule has 56 valence electrons. The van der Waals surface area contributed by atoms with Gasteiger partial charge < -0.3 is 4.79 Å². The van der Waals surface area contributed by atoms with E-state index < -0.39 is 0 Å². The van der Waals surface area contributed by atoms with E-state index in [0.29, 0.717) is 11.8 Å². The summed E-state index contributed by atoms with van der Waals surface area (Å²) in [5.74, 6) is 0.821. The maximum absolute atomic E-state index is 10.5. The number of hydrogen-bond donors (Lipinski definition) is 0. The quantitative estimate of drug-likeness (QED) is 0.422. The normalized spacial score (nSPS) is 32.1. The third-order valence-electron chi connectivity index (χ3n) is 2.25. The van der Waals surface area contributed by atoms with Crippen LogP contribution in [0.2, 0.25) is 0 Å². The van der Waals surface area contributed by atoms with E-state index in [4.69, 9.17) is 0 Å². The number of hydrogen-bond acceptors (Lipinski definition) is 1. The van der Waals surface area contributed by atoms with Crippen molar-refractivity contribution in [3.63, 3.8) is 0 Å². The van der Waals surface area contributed by atoms with E-state index in [9.17, 15) is 4.79 Å². The van der Waals surface area contributed by atoms with Crippen LogP contribution in [0.1, 0.15) is 26.2 Å². The number of carbonyl (C=O) groups is 1. The molecule has 0 fully saturated rings. The summed E-state index contributed by atoms with van der Waals surface area (Å²) in [6.07, 6.45) is 8.72. The van der Waals surface area contributed by atoms with Gasteiger partial charge in [0.1, 0.15) is 6.29 Å². The topological polar surface area (TPSA) is 17.1 Å². The molecule has 2 atom stereocenters. The van der Waals surface area contributed by atoms with E-state index >= 15 is 0 Å². The Kier molecular flexibility index (Phi) is 2.67. The van der Waals surface area contributed by atoms with Crippen molar-refractivity contribution in [2.24, 2.45) is 11.8 Å². The second kappa shape index (κ2) is 3.55. The predicted molar refractivity (Wildman–Crippen MR) is 41.7 cm³/mol. The van der Waals surface area contributed by atoms with Crippen LogP contribution in [0.25, 0.3) is 0 Å². The molecular weight excluding hydrogens is 124 g/mol. The van der Waals surface area contributed by atoms with Gasteiger partial charge in [0.2, 0.25) is 0 Å². The molecule has 2 unspecified atom stereocenters. The highest BCUT2D eigenvalue weighted by atomic mass is 16.1. The highest BCUT2D eigenvalue weighted by Crippen LogP contribution is 2.24. The molecule has 0 saturated heterocycles. The fourth-order valence-corrected chi connectivity index (χ4v) is 1.52. The smallest absolute Gasteiger partial charge is 0.123 e. The first kappa shape index (κ1) is 7.52. The lowest BCUT2D eigenvalue weighted by molar-refractivity contribution is -0.112. The second-order valence-electron chi connectivity index (χ2n) is 2.88. The Morgan fingerprint density at radius 1 is 1.70 bits per heavy atom. The highest BCUT2D eigenvalue weighted by Gasteiger charge is 2.18. The minimum atomic E-state index is 0.301. The number of allylic oxidation sites excluding steroid dienone is 2. The molecule has 1 aliphatic rings. The summed E-state index contributed by atoms with van der Waals surface area (Å²) in [5.41, 5.74) is 0. The summed E-state index contributed by atoms with van der Waals surface area (Å²) >= 11 is 0. The van der Waals surface area contributed by atoms with Crippen LogP contribution in [0, 0.1) is 11.8 Å². The van der Waals surface area contributed by atoms with Crippen LogP contribution in [-0.2, 0) is 4.79 Å². The van der Waals surface area contributed by atoms with E-state index in [0.717, 1.165) is 25.5 Å². The van der Waals surface area contributed by atoms with Gasteiger partial charge in [-0.3, -0.25) is 0 Å². The second-order valence-corrected chi connectivity index (χ2v) is 2.88. The van der Waals surface area contributed by atoms with Gasteiger partial charge in [0.25, 0.3) is 0 Å². The summed E-state index contributed by atoms with van der Waals surface area (Å²) in [6, 6.07) is 0. The summed E-state index contributed by atoms with van der Waals surface area (Å²) in [5, 5.41) is 0. The van der Waals surface area contributed by atoms with Gasteiger partial charge in [0.05, 0.1) is 0 Å². The van der Waals surface area contributed by atoms with Crippen molar-refractivity contribution in [1.82, 2.24) is 0 Å². The van der Waals surface area contributed by atoms with Crippen molar-refractivity contribution in [1.29, 1.82) is 0 Å². The van der Waals surface area contributed by atoms with Gasteiger partial charge in [-0.2, -0.15) is 0 Å². The molecule has 0 bridgehead atoms. The van der Waals surface area contributed by atoms with Crippen LogP contribution in [0.4, 0.5) is 0 Å². The van der Waals surface area contributed by atoms with E-state index in [1.807, 2.05) is 0 Å². The van der Waals surface area contributed by atoms with Crippen molar-refractivity contribution >= 4 is 6.29 Å². The SMILES string of the molecule is CCC1C=CCCC1C=O. The Labute approximate surface area is 62.1 Å². The molecule has 0 radical (unpaired) electrons. The number of aldehydes is 1. The van der Waals surface area contributed by atoms with Gasteiger partial charge in [-0.25, -0.2) is 0 Å². The van der Waals surface area contributed by atoms with Crippen LogP contribution in [0.3, 0.4) is 0 Å². The van der Waals surface area contributed by atoms with Gasteiger partial charge >= 0.3 is 0 Å². The molecule has 0 aromatic heterocycles. The molecule has 0 saturated carbocycles. The molecule has 0 aromatic carbocycles. The van der Waals surface area contributed by atoms with Crippen molar-refractivity contribution in [2.45, 2.75) is 26.2 Å². The average molecular weight is 138 g/mol. The van der Waals surface area contributed by atoms with Crippen molar-refractivity contribution in [2.75, 3.05) is 0 Å². The zero-order valence-electron chi connectivity index (χ0n) is 6.42. The number of carbonyl (C=O) groups excluding carboxylic acids is 1. The fraction of sp³-hybridized carbons (Fsp3) is 0.667. The predicted octanol–water partition coefficient (Wildman–Crippen LogP) is 2.18. The zero-order chi connectivity index (χ0) is 7.40. The van der Waals surface area contributed by atoms with E-state index in [-0.39, 0.29) is 0 Å². The fourth-order valence-electron chi connectivity index (χ4n) is 1.52. The summed E-state index contributed by atoms with van der Waals surface area (Å²) < 4.78 is 0. The molecule has 1 nitrogen and oxygen atoms in total. The maximum atomic E-state index is 10.5. The zero-order valence-corrected chi connectivity index (χ0v) is 6.42. The Hall–Kier alpha value is -0.590. The van der Waals surface area contributed by atoms with Crippen LogP contribution in [0.15, 0.2) is 12.2 Å². The Balaban J connectivity index is 2.55. The third-order valence-corrected chi connectivity index (χ3v) is 2.25. The van der Waals surface area contributed by atoms with Gasteiger partial charge in [0.15, 0.2) is 0 Å². The van der Waals surface area contributed by atoms with Crippen molar-refractivity contribution in [3.8, 4) is 0 Å². The van der Waals surface area contributed by atoms with Crippen LogP contribution in [-0.4, -0.2) is 6.29 Å². The van der Waals surface area contributed by atoms with Gasteiger partial charge in [-0.15, -0.1) is 0 Å². The lowest BCUT2D eigenvalue weighted by Gasteiger charge is -2.20. The Bertz CT molecular complexity index is 138. The summed E-state index contributed by atoms with van der Waals surface area (Å²) in [7, 11) is 0. The molecular formula is C9H14O. The molecule has 1 aliphatic carbocycles. The lowest BCUT2D eigenvalue weighted by Crippen LogP contribution is -2.15. The first-order valence-corrected chi connectivity index (χ1v) is 4.00. The largest absolute Gasteiger partial charge is 0.303 e. The summed E-state index contributed by atoms with van der Waals surface area (Å²) in [6.45, 7) is 2.14. The molecule has 0 heterocycles. The molecule has 1 heteroatoms. The van der Waals surface area contributed by atoms with Crippen LogP contribution < -0.4 is 0 Å². The van der Waals surface area contributed by atoms with Crippen LogP contribution >= 0.6 is 0 Å². The monoisotopic (exact) mass is 138 g/mol. The standard InChI is InChI=1S/C9H14O/c1-2-8-5-3-4-6-9(8)7-10/h3,5,7-9H,2,4,6H2,1H3. The maximum Gasteiger partial charge on any atom is 0.123 e. The van der Waals surface area contributed by atoms with E-state index in [2.05, 4.69) is 19.1 Å². The molecule has 0 aromatic rings. The van der Waals surface area contributed by atoms with Crippen molar-refractivity contribution in [3.05, 3.63) is 12.2 Å². The average Bonchev–Trinajstić information content (AvgIpc) is 2.04. The molecule has 0 spiro atoms. The molecule has 10 heavy (non-hydrogen) atoms. The van der Waals surface area contributed by atoms with E-state index in [1.165, 1.54) is 0 Å². The Morgan fingerprint density at radius 3 is 3.00 bits per heavy atom. The summed E-state index contributed by atoms with van der Waals surface area (Å²) in [4.78, 5) is 10.5. The molecule has 1 rings (SSSR count). The Morgan fingerprint density at radius 2 is 2.50 bits per heavy atom. The highest BCUT2D eigenvalue weighted by molar-refractivity contribution is 5.55. The number of rotatable bonds is 2. The van der Waals surface area contributed by atoms with Crippen LogP contribution in [0.5, 0.6) is 0 Å². The molecule has 0 amide bonds. The van der Waals surface area contributed by atoms with Gasteiger partial charge in [0, 0.05) is 5.92 Å². The van der Waals surface area contributed by atoms with E-state index in [1.54, 1.807) is 0 Å². The van der Waals surface area contributed by atoms with Gasteiger partial charge in [-0.1, -0.05) is 19.1 Å². The van der Waals surface area contributed by atoms with Crippen molar-refractivity contribution < 1.29 is 4.79 Å². The first-order chi connectivity index (χ1) is 4.88. The molecule has 0 aliphatic heterocycles. The minimum absolute atomic E-state index is 0.301.